The van der Waals surface area contributed by atoms with Gasteiger partial charge in [-0.2, -0.15) is 0 Å². The molecule has 108 valence electrons. The molecule has 0 aromatic carbocycles. The molecule has 0 heterocycles. The molecule has 1 atom stereocenters. The van der Waals surface area contributed by atoms with Gasteiger partial charge < -0.3 is 0 Å². The van der Waals surface area contributed by atoms with Crippen molar-refractivity contribution in [2.24, 2.45) is 17.8 Å². The molecule has 1 aliphatic rings. The highest BCUT2D eigenvalue weighted by Gasteiger charge is 2.22. The van der Waals surface area contributed by atoms with Crippen molar-refractivity contribution in [1.82, 2.24) is 4.72 Å². The molecule has 0 amide bonds. The van der Waals surface area contributed by atoms with Crippen LogP contribution in [0.4, 0.5) is 0 Å². The van der Waals surface area contributed by atoms with Crippen molar-refractivity contribution < 1.29 is 8.42 Å². The van der Waals surface area contributed by atoms with Crippen LogP contribution in [0.5, 0.6) is 0 Å². The number of hydrogen-bond acceptors (Lipinski definition) is 2. The standard InChI is InChI=1S/C13H26ClNO2S/c1-3-12-4-6-13(7-5-12)9-15-18(16,17)10-11(2)8-14/h11-13,15H,3-10H2,1-2H3. The molecular formula is C13H26ClNO2S. The van der Waals surface area contributed by atoms with E-state index in [1.54, 1.807) is 0 Å². The van der Waals surface area contributed by atoms with E-state index in [-0.39, 0.29) is 11.7 Å². The van der Waals surface area contributed by atoms with E-state index in [9.17, 15) is 8.42 Å². The fourth-order valence-corrected chi connectivity index (χ4v) is 4.28. The molecular weight excluding hydrogens is 270 g/mol. The lowest BCUT2D eigenvalue weighted by atomic mass is 9.81. The molecule has 0 aromatic rings. The summed E-state index contributed by atoms with van der Waals surface area (Å²) in [6.45, 7) is 4.70. The van der Waals surface area contributed by atoms with Crippen LogP contribution in [0.2, 0.25) is 0 Å². The lowest BCUT2D eigenvalue weighted by Gasteiger charge is -2.27. The van der Waals surface area contributed by atoms with Crippen LogP contribution in [0, 0.1) is 17.8 Å². The Kier molecular flexibility index (Phi) is 6.96. The maximum Gasteiger partial charge on any atom is 0.211 e. The first-order valence-electron chi connectivity index (χ1n) is 7.00. The molecule has 1 unspecified atom stereocenters. The maximum atomic E-state index is 11.8. The lowest BCUT2D eigenvalue weighted by molar-refractivity contribution is 0.270. The largest absolute Gasteiger partial charge is 0.215 e. The molecule has 18 heavy (non-hydrogen) atoms. The third kappa shape index (κ3) is 5.89. The van der Waals surface area contributed by atoms with Crippen molar-refractivity contribution in [2.75, 3.05) is 18.2 Å². The molecule has 0 aromatic heterocycles. The molecule has 3 nitrogen and oxygen atoms in total. The van der Waals surface area contributed by atoms with Crippen LogP contribution < -0.4 is 4.72 Å². The zero-order valence-electron chi connectivity index (χ0n) is 11.5. The Morgan fingerprint density at radius 1 is 1.22 bits per heavy atom. The highest BCUT2D eigenvalue weighted by Crippen LogP contribution is 2.30. The third-order valence-corrected chi connectivity index (χ3v) is 6.04. The molecule has 0 saturated heterocycles. The summed E-state index contributed by atoms with van der Waals surface area (Å²) in [6, 6.07) is 0. The van der Waals surface area contributed by atoms with E-state index in [1.807, 2.05) is 6.92 Å². The van der Waals surface area contributed by atoms with Crippen molar-refractivity contribution in [3.8, 4) is 0 Å². The predicted molar refractivity (Wildman–Crippen MR) is 77.4 cm³/mol. The minimum absolute atomic E-state index is 0.0139. The second kappa shape index (κ2) is 7.71. The van der Waals surface area contributed by atoms with Crippen LogP contribution in [0.15, 0.2) is 0 Å². The molecule has 1 saturated carbocycles. The Bertz CT molecular complexity index is 324. The van der Waals surface area contributed by atoms with Gasteiger partial charge in [-0.25, -0.2) is 13.1 Å². The summed E-state index contributed by atoms with van der Waals surface area (Å²) in [5.41, 5.74) is 0. The number of hydrogen-bond donors (Lipinski definition) is 1. The van der Waals surface area contributed by atoms with E-state index >= 15 is 0 Å². The summed E-state index contributed by atoms with van der Waals surface area (Å²) < 4.78 is 26.3. The number of sulfonamides is 1. The van der Waals surface area contributed by atoms with Gasteiger partial charge >= 0.3 is 0 Å². The number of halogens is 1. The first-order chi connectivity index (χ1) is 8.46. The van der Waals surface area contributed by atoms with Crippen LogP contribution in [0.3, 0.4) is 0 Å². The fourth-order valence-electron chi connectivity index (χ4n) is 2.57. The molecule has 1 rings (SSSR count). The second-order valence-electron chi connectivity index (χ2n) is 5.68. The number of alkyl halides is 1. The van der Waals surface area contributed by atoms with Gasteiger partial charge in [-0.1, -0.05) is 33.1 Å². The maximum absolute atomic E-state index is 11.8. The minimum Gasteiger partial charge on any atom is -0.215 e. The first kappa shape index (κ1) is 16.3. The highest BCUT2D eigenvalue weighted by molar-refractivity contribution is 7.89. The molecule has 0 radical (unpaired) electrons. The third-order valence-electron chi connectivity index (χ3n) is 3.90. The monoisotopic (exact) mass is 295 g/mol. The van der Waals surface area contributed by atoms with Crippen LogP contribution >= 0.6 is 11.6 Å². The van der Waals surface area contributed by atoms with Gasteiger partial charge in [-0.05, 0) is 30.6 Å². The summed E-state index contributed by atoms with van der Waals surface area (Å²) in [7, 11) is -3.15. The SMILES string of the molecule is CCC1CCC(CNS(=O)(=O)CC(C)CCl)CC1. The lowest BCUT2D eigenvalue weighted by Crippen LogP contribution is -2.34. The van der Waals surface area contributed by atoms with Gasteiger partial charge in [0.2, 0.25) is 10.0 Å². The zero-order chi connectivity index (χ0) is 13.6. The Morgan fingerprint density at radius 3 is 2.28 bits per heavy atom. The van der Waals surface area contributed by atoms with Crippen molar-refractivity contribution in [1.29, 1.82) is 0 Å². The summed E-state index contributed by atoms with van der Waals surface area (Å²) in [4.78, 5) is 0. The van der Waals surface area contributed by atoms with E-state index in [2.05, 4.69) is 11.6 Å². The van der Waals surface area contributed by atoms with Crippen molar-refractivity contribution in [2.45, 2.75) is 46.0 Å². The minimum atomic E-state index is -3.15. The topological polar surface area (TPSA) is 46.2 Å². The summed E-state index contributed by atoms with van der Waals surface area (Å²) in [6.07, 6.45) is 6.08. The van der Waals surface area contributed by atoms with Crippen molar-refractivity contribution >= 4 is 21.6 Å². The average Bonchev–Trinajstić information content (AvgIpc) is 2.36. The fraction of sp³-hybridized carbons (Fsp3) is 1.00. The Morgan fingerprint density at radius 2 is 1.78 bits per heavy atom. The van der Waals surface area contributed by atoms with Gasteiger partial charge in [0.15, 0.2) is 0 Å². The molecule has 5 heteroatoms. The van der Waals surface area contributed by atoms with Gasteiger partial charge in [0.25, 0.3) is 0 Å². The molecule has 0 spiro atoms. The van der Waals surface area contributed by atoms with Gasteiger partial charge in [0.05, 0.1) is 5.75 Å². The Labute approximate surface area is 117 Å². The van der Waals surface area contributed by atoms with Crippen LogP contribution in [-0.4, -0.2) is 26.6 Å². The van der Waals surface area contributed by atoms with Crippen molar-refractivity contribution in [3.05, 3.63) is 0 Å². The zero-order valence-corrected chi connectivity index (χ0v) is 13.1. The van der Waals surface area contributed by atoms with E-state index in [4.69, 9.17) is 11.6 Å². The predicted octanol–water partition coefficient (Wildman–Crippen LogP) is 3.00. The molecule has 1 fully saturated rings. The van der Waals surface area contributed by atoms with E-state index in [1.165, 1.54) is 19.3 Å². The van der Waals surface area contributed by atoms with Crippen LogP contribution in [0.25, 0.3) is 0 Å². The van der Waals surface area contributed by atoms with Gasteiger partial charge in [-0.15, -0.1) is 11.6 Å². The van der Waals surface area contributed by atoms with E-state index < -0.39 is 10.0 Å². The second-order valence-corrected chi connectivity index (χ2v) is 7.84. The molecule has 0 bridgehead atoms. The van der Waals surface area contributed by atoms with Crippen molar-refractivity contribution in [3.63, 3.8) is 0 Å². The summed E-state index contributed by atoms with van der Waals surface area (Å²) >= 11 is 5.65. The van der Waals surface area contributed by atoms with E-state index in [0.717, 1.165) is 18.8 Å². The van der Waals surface area contributed by atoms with E-state index in [0.29, 0.717) is 18.3 Å². The summed E-state index contributed by atoms with van der Waals surface area (Å²) in [5, 5.41) is 0. The highest BCUT2D eigenvalue weighted by atomic mass is 35.5. The van der Waals surface area contributed by atoms with Crippen LogP contribution in [-0.2, 0) is 10.0 Å². The van der Waals surface area contributed by atoms with Gasteiger partial charge in [0.1, 0.15) is 0 Å². The normalized spacial score (nSPS) is 27.1. The average molecular weight is 296 g/mol. The quantitative estimate of drug-likeness (QED) is 0.734. The Balaban J connectivity index is 2.28. The number of nitrogens with one attached hydrogen (secondary N) is 1. The van der Waals surface area contributed by atoms with Gasteiger partial charge in [0, 0.05) is 12.4 Å². The summed E-state index contributed by atoms with van der Waals surface area (Å²) in [5.74, 6) is 1.92. The molecule has 1 N–H and O–H groups in total. The smallest absolute Gasteiger partial charge is 0.211 e. The Hall–Kier alpha value is 0.200. The van der Waals surface area contributed by atoms with Gasteiger partial charge in [-0.3, -0.25) is 0 Å². The molecule has 0 aliphatic heterocycles. The molecule has 1 aliphatic carbocycles. The first-order valence-corrected chi connectivity index (χ1v) is 9.18. The number of rotatable bonds is 7. The van der Waals surface area contributed by atoms with Crippen LogP contribution in [0.1, 0.15) is 46.0 Å².